The third-order valence-corrected chi connectivity index (χ3v) is 11.5. The van der Waals surface area contributed by atoms with Crippen molar-refractivity contribution in [3.8, 4) is 0 Å². The van der Waals surface area contributed by atoms with Crippen molar-refractivity contribution in [2.45, 2.75) is 161 Å². The van der Waals surface area contributed by atoms with E-state index in [0.29, 0.717) is 45.6 Å². The number of nitrogens with one attached hydrogen (secondary N) is 1. The van der Waals surface area contributed by atoms with Crippen LogP contribution in [0, 0.1) is 5.92 Å². The molecule has 1 saturated carbocycles. The first-order valence-electron chi connectivity index (χ1n) is 22.7. The Morgan fingerprint density at radius 2 is 1.43 bits per heavy atom. The van der Waals surface area contributed by atoms with Crippen LogP contribution in [0.5, 0.6) is 0 Å². The van der Waals surface area contributed by atoms with E-state index in [4.69, 9.17) is 19.2 Å². The lowest BCUT2D eigenvalue weighted by Gasteiger charge is -2.45. The van der Waals surface area contributed by atoms with Gasteiger partial charge >= 0.3 is 18.3 Å². The molecule has 1 N–H and O–H groups in total. The van der Waals surface area contributed by atoms with Crippen molar-refractivity contribution < 1.29 is 33.4 Å². The molecule has 13 heteroatoms. The molecule has 3 atom stereocenters. The van der Waals surface area contributed by atoms with Gasteiger partial charge in [-0.15, -0.1) is 0 Å². The fourth-order valence-corrected chi connectivity index (χ4v) is 8.70. The van der Waals surface area contributed by atoms with Gasteiger partial charge in [0.05, 0.1) is 23.8 Å². The van der Waals surface area contributed by atoms with Gasteiger partial charge in [-0.3, -0.25) is 19.6 Å². The first kappa shape index (κ1) is 47.8. The van der Waals surface area contributed by atoms with E-state index in [1.165, 1.54) is 5.56 Å². The molecule has 2 fully saturated rings. The molecular weight excluding hydrogens is 773 g/mol. The summed E-state index contributed by atoms with van der Waals surface area (Å²) in [6.07, 6.45) is 9.04. The lowest BCUT2D eigenvalue weighted by Crippen LogP contribution is -2.60. The molecule has 0 spiro atoms. The lowest BCUT2D eigenvalue weighted by atomic mass is 9.90. The predicted molar refractivity (Wildman–Crippen MR) is 237 cm³/mol. The van der Waals surface area contributed by atoms with E-state index < -0.39 is 29.0 Å². The summed E-state index contributed by atoms with van der Waals surface area (Å²) < 4.78 is 17.3. The van der Waals surface area contributed by atoms with Crippen LogP contribution in [0.2, 0.25) is 0 Å². The number of pyridine rings is 1. The fraction of sp³-hybridized carbons (Fsp3) is 0.688. The number of piperazine rings is 1. The molecule has 1 aliphatic heterocycles. The van der Waals surface area contributed by atoms with Gasteiger partial charge in [0, 0.05) is 51.4 Å². The molecule has 3 aliphatic rings. The van der Waals surface area contributed by atoms with Crippen LogP contribution in [0.1, 0.15) is 149 Å². The molecule has 338 valence electrons. The largest absolute Gasteiger partial charge is 0.444 e. The SMILES string of the molecule is CC(C)(C)OC(=O)N(CCCCN(C[C@@H]1CN(CC[C@H](NC(=O)C2CCCC2)c2ccccc2)CCN1C(=O)OC(C)(C)C)[C@H]1CCCc2cccnc21)C(=O)OC(C)(C)C. The molecule has 5 rings (SSSR count). The molecule has 61 heavy (non-hydrogen) atoms. The molecule has 0 bridgehead atoms. The number of imide groups is 1. The third-order valence-electron chi connectivity index (χ3n) is 11.5. The second-order valence-corrected chi connectivity index (χ2v) is 20.1. The maximum Gasteiger partial charge on any atom is 0.419 e. The minimum Gasteiger partial charge on any atom is -0.444 e. The van der Waals surface area contributed by atoms with Gasteiger partial charge in [0.2, 0.25) is 5.91 Å². The Hall–Kier alpha value is -4.23. The monoisotopic (exact) mass is 847 g/mol. The van der Waals surface area contributed by atoms with Crippen LogP contribution >= 0.6 is 0 Å². The highest BCUT2D eigenvalue weighted by atomic mass is 16.6. The molecule has 1 aromatic carbocycles. The van der Waals surface area contributed by atoms with Gasteiger partial charge in [-0.1, -0.05) is 49.2 Å². The number of carbonyl (C=O) groups excluding carboxylic acids is 4. The van der Waals surface area contributed by atoms with Crippen molar-refractivity contribution in [2.24, 2.45) is 5.92 Å². The second kappa shape index (κ2) is 21.2. The summed E-state index contributed by atoms with van der Waals surface area (Å²) in [5, 5.41) is 3.41. The van der Waals surface area contributed by atoms with E-state index in [0.717, 1.165) is 74.1 Å². The second-order valence-electron chi connectivity index (χ2n) is 20.1. The Morgan fingerprint density at radius 3 is 2.07 bits per heavy atom. The van der Waals surface area contributed by atoms with Gasteiger partial charge < -0.3 is 24.4 Å². The van der Waals surface area contributed by atoms with E-state index in [1.807, 2.05) is 56.1 Å². The van der Waals surface area contributed by atoms with Crippen LogP contribution in [0.4, 0.5) is 14.4 Å². The standard InChI is InChI=1S/C48H74N6O7/c1-46(2,3)59-43(56)53-32-31-51(30-26-39(35-19-11-10-12-20-35)50-42(55)37-21-13-14-22-37)33-38(53)34-52(40-25-17-23-36-24-18-27-49-41(36)40)28-15-16-29-54(44(57)60-47(4,5)6)45(58)61-48(7,8)9/h10-12,18-20,24,27,37-40H,13-17,21-23,25-26,28-34H2,1-9H3,(H,50,55)/t38-,39-,40-/m0/s1. The number of ether oxygens (including phenoxy) is 3. The molecule has 0 radical (unpaired) electrons. The molecular formula is C48H74N6O7. The van der Waals surface area contributed by atoms with E-state index >= 15 is 0 Å². The summed E-state index contributed by atoms with van der Waals surface area (Å²) in [6, 6.07) is 14.1. The molecule has 1 aromatic heterocycles. The minimum atomic E-state index is -0.782. The maximum atomic E-state index is 14.0. The summed E-state index contributed by atoms with van der Waals surface area (Å²) in [4.78, 5) is 66.7. The number of unbranched alkanes of at least 4 members (excludes halogenated alkanes) is 1. The van der Waals surface area contributed by atoms with Crippen LogP contribution in [-0.4, -0.2) is 117 Å². The lowest BCUT2D eigenvalue weighted by molar-refractivity contribution is -0.125. The number of aromatic nitrogens is 1. The zero-order valence-electron chi connectivity index (χ0n) is 38.5. The molecule has 2 heterocycles. The Kier molecular flexibility index (Phi) is 16.6. The topological polar surface area (TPSA) is 134 Å². The Labute approximate surface area is 365 Å². The zero-order valence-corrected chi connectivity index (χ0v) is 38.5. The fourth-order valence-electron chi connectivity index (χ4n) is 8.70. The van der Waals surface area contributed by atoms with Crippen LogP contribution in [0.15, 0.2) is 48.7 Å². The normalized spacial score (nSPS) is 19.5. The van der Waals surface area contributed by atoms with Crippen molar-refractivity contribution in [1.29, 1.82) is 0 Å². The summed E-state index contributed by atoms with van der Waals surface area (Å²) in [6.45, 7) is 20.3. The number of fused-ring (bicyclic) bond motifs is 1. The predicted octanol–water partition coefficient (Wildman–Crippen LogP) is 9.07. The number of carbonyl (C=O) groups is 4. The number of amides is 4. The highest BCUT2D eigenvalue weighted by Gasteiger charge is 2.38. The summed E-state index contributed by atoms with van der Waals surface area (Å²) in [7, 11) is 0. The number of hydrogen-bond acceptors (Lipinski definition) is 10. The smallest absolute Gasteiger partial charge is 0.419 e. The van der Waals surface area contributed by atoms with Crippen LogP contribution in [0.25, 0.3) is 0 Å². The summed E-state index contributed by atoms with van der Waals surface area (Å²) >= 11 is 0. The zero-order chi connectivity index (χ0) is 44.4. The van der Waals surface area contributed by atoms with Crippen LogP contribution < -0.4 is 5.32 Å². The van der Waals surface area contributed by atoms with Crippen LogP contribution in [-0.2, 0) is 25.4 Å². The maximum absolute atomic E-state index is 14.0. The molecule has 2 aliphatic carbocycles. The highest BCUT2D eigenvalue weighted by Crippen LogP contribution is 2.34. The van der Waals surface area contributed by atoms with Gasteiger partial charge in [0.15, 0.2) is 0 Å². The Balaban J connectivity index is 1.36. The number of benzene rings is 1. The number of hydrogen-bond donors (Lipinski definition) is 1. The Morgan fingerprint density at radius 1 is 0.787 bits per heavy atom. The number of nitrogens with zero attached hydrogens (tertiary/aromatic N) is 5. The molecule has 0 unspecified atom stereocenters. The van der Waals surface area contributed by atoms with Gasteiger partial charge in [-0.2, -0.15) is 0 Å². The van der Waals surface area contributed by atoms with Gasteiger partial charge in [0.1, 0.15) is 16.8 Å². The Bertz CT molecular complexity index is 1720. The average Bonchev–Trinajstić information content (AvgIpc) is 3.73. The number of rotatable bonds is 14. The van der Waals surface area contributed by atoms with Crippen molar-refractivity contribution in [1.82, 2.24) is 29.9 Å². The van der Waals surface area contributed by atoms with E-state index in [9.17, 15) is 19.2 Å². The van der Waals surface area contributed by atoms with Crippen molar-refractivity contribution in [3.63, 3.8) is 0 Å². The average molecular weight is 847 g/mol. The van der Waals surface area contributed by atoms with Gasteiger partial charge in [-0.05, 0) is 137 Å². The highest BCUT2D eigenvalue weighted by molar-refractivity contribution is 5.88. The van der Waals surface area contributed by atoms with E-state index in [-0.39, 0.29) is 42.6 Å². The molecule has 13 nitrogen and oxygen atoms in total. The molecule has 1 saturated heterocycles. The van der Waals surface area contributed by atoms with Gasteiger partial charge in [0.25, 0.3) is 0 Å². The van der Waals surface area contributed by atoms with Crippen LogP contribution in [0.3, 0.4) is 0 Å². The quantitative estimate of drug-likeness (QED) is 0.145. The van der Waals surface area contributed by atoms with E-state index in [1.54, 1.807) is 41.5 Å². The van der Waals surface area contributed by atoms with Gasteiger partial charge in [-0.25, -0.2) is 19.3 Å². The third kappa shape index (κ3) is 15.0. The van der Waals surface area contributed by atoms with Crippen molar-refractivity contribution in [2.75, 3.05) is 45.8 Å². The van der Waals surface area contributed by atoms with E-state index in [2.05, 4.69) is 33.3 Å². The molecule has 2 aromatic rings. The summed E-state index contributed by atoms with van der Waals surface area (Å²) in [5.41, 5.74) is 1.19. The van der Waals surface area contributed by atoms with Crippen molar-refractivity contribution in [3.05, 3.63) is 65.5 Å². The molecule has 4 amide bonds. The summed E-state index contributed by atoms with van der Waals surface area (Å²) in [5.74, 6) is 0.229. The first-order valence-corrected chi connectivity index (χ1v) is 22.7. The number of aryl methyl sites for hydroxylation is 1. The minimum absolute atomic E-state index is 0.0295. The first-order chi connectivity index (χ1) is 28.8. The van der Waals surface area contributed by atoms with Crippen molar-refractivity contribution >= 4 is 24.2 Å².